The number of halogens is 1. The Morgan fingerprint density at radius 1 is 1.73 bits per heavy atom. The second kappa shape index (κ2) is 4.05. The van der Waals surface area contributed by atoms with Crippen LogP contribution in [0, 0.1) is 10.1 Å². The third kappa shape index (κ3) is 2.29. The summed E-state index contributed by atoms with van der Waals surface area (Å²) in [6.45, 7) is -0.482. The fraction of sp³-hybridized carbons (Fsp3) is 0.167. The molecular weight excluding hydrogens is 228 g/mol. The molecule has 2 N–H and O–H groups in total. The Hall–Kier alpha value is -1.96. The molecule has 0 fully saturated rings. The van der Waals surface area contributed by atoms with Gasteiger partial charge in [0, 0.05) is 0 Å². The number of amides is 1. The van der Waals surface area contributed by atoms with Gasteiger partial charge in [0.25, 0.3) is 0 Å². The Labute approximate surface area is 87.4 Å². The predicted octanol–water partition coefficient (Wildman–Crippen LogP) is -0.710. The summed E-state index contributed by atoms with van der Waals surface area (Å²) in [7, 11) is 0. The van der Waals surface area contributed by atoms with Crippen LogP contribution in [0.1, 0.15) is 0 Å². The summed E-state index contributed by atoms with van der Waals surface area (Å²) < 4.78 is 0.715. The van der Waals surface area contributed by atoms with Gasteiger partial charge >= 0.3 is 11.2 Å². The van der Waals surface area contributed by atoms with E-state index < -0.39 is 33.8 Å². The van der Waals surface area contributed by atoms with E-state index in [-0.39, 0.29) is 0 Å². The van der Waals surface area contributed by atoms with Crippen molar-refractivity contribution in [3.63, 3.8) is 0 Å². The molecule has 0 aliphatic carbocycles. The van der Waals surface area contributed by atoms with Crippen molar-refractivity contribution >= 4 is 23.2 Å². The monoisotopic (exact) mass is 232 g/mol. The van der Waals surface area contributed by atoms with Crippen molar-refractivity contribution in [1.29, 1.82) is 0 Å². The third-order valence-electron chi connectivity index (χ3n) is 1.48. The summed E-state index contributed by atoms with van der Waals surface area (Å²) in [4.78, 5) is 34.7. The molecule has 15 heavy (non-hydrogen) atoms. The fourth-order valence-corrected chi connectivity index (χ4v) is 1.09. The van der Waals surface area contributed by atoms with Crippen LogP contribution in [0.4, 0.5) is 5.69 Å². The van der Waals surface area contributed by atoms with Gasteiger partial charge in [0.15, 0.2) is 0 Å². The molecule has 1 aromatic heterocycles. The van der Waals surface area contributed by atoms with Crippen LogP contribution >= 0.6 is 11.6 Å². The van der Waals surface area contributed by atoms with E-state index in [9.17, 15) is 19.7 Å². The normalized spacial score (nSPS) is 9.93. The summed E-state index contributed by atoms with van der Waals surface area (Å²) in [6, 6.07) is 0. The lowest BCUT2D eigenvalue weighted by atomic mass is 10.5. The molecule has 0 aliphatic heterocycles. The molecule has 1 amide bonds. The quantitative estimate of drug-likeness (QED) is 0.419. The number of nitrogens with two attached hydrogens (primary N) is 1. The number of carbonyl (C=O) groups is 1. The molecule has 1 heterocycles. The summed E-state index contributed by atoms with van der Waals surface area (Å²) in [6.07, 6.45) is 0.919. The maximum absolute atomic E-state index is 11.4. The highest BCUT2D eigenvalue weighted by molar-refractivity contribution is 6.31. The summed E-state index contributed by atoms with van der Waals surface area (Å²) in [5.41, 5.74) is 2.94. The van der Waals surface area contributed by atoms with Crippen molar-refractivity contribution in [2.45, 2.75) is 6.54 Å². The standard InChI is InChI=1S/C6H5ClN4O4/c7-5-4(11(14)15)6(13)10(2-9-5)1-3(8)12/h2H,1H2,(H2,8,12). The van der Waals surface area contributed by atoms with Gasteiger partial charge in [-0.2, -0.15) is 0 Å². The van der Waals surface area contributed by atoms with Gasteiger partial charge < -0.3 is 5.73 Å². The van der Waals surface area contributed by atoms with Gasteiger partial charge in [0.1, 0.15) is 12.9 Å². The lowest BCUT2D eigenvalue weighted by molar-refractivity contribution is -0.386. The predicted molar refractivity (Wildman–Crippen MR) is 49.4 cm³/mol. The second-order valence-electron chi connectivity index (χ2n) is 2.54. The SMILES string of the molecule is NC(=O)Cn1cnc(Cl)c([N+](=O)[O-])c1=O. The van der Waals surface area contributed by atoms with Crippen molar-refractivity contribution in [2.75, 3.05) is 0 Å². The van der Waals surface area contributed by atoms with E-state index in [1.807, 2.05) is 0 Å². The van der Waals surface area contributed by atoms with Crippen LogP contribution in [0.15, 0.2) is 11.1 Å². The summed E-state index contributed by atoms with van der Waals surface area (Å²) in [5, 5.41) is 9.91. The molecular formula is C6H5ClN4O4. The van der Waals surface area contributed by atoms with E-state index in [4.69, 9.17) is 17.3 Å². The van der Waals surface area contributed by atoms with Gasteiger partial charge in [-0.05, 0) is 0 Å². The Bertz CT molecular complexity index is 483. The first-order valence-corrected chi connectivity index (χ1v) is 3.99. The van der Waals surface area contributed by atoms with Crippen LogP contribution in [-0.4, -0.2) is 20.4 Å². The zero-order valence-corrected chi connectivity index (χ0v) is 7.97. The molecule has 1 rings (SSSR count). The van der Waals surface area contributed by atoms with E-state index in [1.54, 1.807) is 0 Å². The average Bonchev–Trinajstić information content (AvgIpc) is 2.09. The molecule has 8 nitrogen and oxygen atoms in total. The minimum absolute atomic E-state index is 0.482. The maximum atomic E-state index is 11.4. The molecule has 0 aromatic carbocycles. The highest BCUT2D eigenvalue weighted by atomic mass is 35.5. The lowest BCUT2D eigenvalue weighted by Crippen LogP contribution is -2.29. The first kappa shape index (κ1) is 11.1. The second-order valence-corrected chi connectivity index (χ2v) is 2.90. The molecule has 0 unspecified atom stereocenters. The van der Waals surface area contributed by atoms with Crippen LogP contribution < -0.4 is 11.3 Å². The maximum Gasteiger partial charge on any atom is 0.371 e. The minimum Gasteiger partial charge on any atom is -0.368 e. The number of nitro groups is 1. The molecule has 0 aliphatic rings. The number of aromatic nitrogens is 2. The Morgan fingerprint density at radius 2 is 2.33 bits per heavy atom. The van der Waals surface area contributed by atoms with Crippen molar-refractivity contribution < 1.29 is 9.72 Å². The van der Waals surface area contributed by atoms with E-state index in [1.165, 1.54) is 0 Å². The van der Waals surface area contributed by atoms with Crippen LogP contribution in [0.2, 0.25) is 5.15 Å². The number of hydrogen-bond donors (Lipinski definition) is 1. The zero-order valence-electron chi connectivity index (χ0n) is 7.21. The van der Waals surface area contributed by atoms with Gasteiger partial charge in [-0.25, -0.2) is 4.98 Å². The molecule has 1 aromatic rings. The first-order chi connectivity index (χ1) is 6.93. The lowest BCUT2D eigenvalue weighted by Gasteiger charge is -2.01. The van der Waals surface area contributed by atoms with Crippen LogP contribution in [0.3, 0.4) is 0 Å². The molecule has 0 saturated heterocycles. The number of hydrogen-bond acceptors (Lipinski definition) is 5. The van der Waals surface area contributed by atoms with E-state index >= 15 is 0 Å². The van der Waals surface area contributed by atoms with Gasteiger partial charge in [0.05, 0.1) is 4.92 Å². The molecule has 0 bridgehead atoms. The summed E-state index contributed by atoms with van der Waals surface area (Å²) >= 11 is 5.35. The Balaban J connectivity index is 3.35. The molecule has 0 atom stereocenters. The van der Waals surface area contributed by atoms with Gasteiger partial charge in [-0.1, -0.05) is 11.6 Å². The number of carbonyl (C=O) groups excluding carboxylic acids is 1. The molecule has 0 saturated carbocycles. The fourth-order valence-electron chi connectivity index (χ4n) is 0.892. The zero-order chi connectivity index (χ0) is 11.6. The van der Waals surface area contributed by atoms with E-state index in [0.29, 0.717) is 4.57 Å². The minimum atomic E-state index is -1.01. The van der Waals surface area contributed by atoms with Gasteiger partial charge in [-0.15, -0.1) is 0 Å². The smallest absolute Gasteiger partial charge is 0.368 e. The Kier molecular flexibility index (Phi) is 3.00. The molecule has 9 heteroatoms. The highest BCUT2D eigenvalue weighted by Gasteiger charge is 2.21. The highest BCUT2D eigenvalue weighted by Crippen LogP contribution is 2.14. The molecule has 0 radical (unpaired) electrons. The van der Waals surface area contributed by atoms with Crippen LogP contribution in [0.25, 0.3) is 0 Å². The van der Waals surface area contributed by atoms with Crippen molar-refractivity contribution in [3.05, 3.63) is 31.9 Å². The number of primary amides is 1. The Morgan fingerprint density at radius 3 is 2.80 bits per heavy atom. The van der Waals surface area contributed by atoms with Crippen molar-refractivity contribution in [1.82, 2.24) is 9.55 Å². The number of rotatable bonds is 3. The van der Waals surface area contributed by atoms with E-state index in [2.05, 4.69) is 4.98 Å². The van der Waals surface area contributed by atoms with E-state index in [0.717, 1.165) is 6.33 Å². The van der Waals surface area contributed by atoms with Crippen molar-refractivity contribution in [3.8, 4) is 0 Å². The number of nitrogens with zero attached hydrogens (tertiary/aromatic N) is 3. The van der Waals surface area contributed by atoms with Gasteiger partial charge in [0.2, 0.25) is 11.1 Å². The summed E-state index contributed by atoms with van der Waals surface area (Å²) in [5.74, 6) is -0.810. The molecule has 80 valence electrons. The van der Waals surface area contributed by atoms with Crippen molar-refractivity contribution in [2.24, 2.45) is 5.73 Å². The first-order valence-electron chi connectivity index (χ1n) is 3.61. The molecule has 0 spiro atoms. The largest absolute Gasteiger partial charge is 0.371 e. The van der Waals surface area contributed by atoms with Crippen LogP contribution in [0.5, 0.6) is 0 Å². The van der Waals surface area contributed by atoms with Gasteiger partial charge in [-0.3, -0.25) is 24.3 Å². The topological polar surface area (TPSA) is 121 Å². The van der Waals surface area contributed by atoms with Crippen LogP contribution in [-0.2, 0) is 11.3 Å². The average molecular weight is 233 g/mol. The third-order valence-corrected chi connectivity index (χ3v) is 1.75.